The first-order valence-corrected chi connectivity index (χ1v) is 21.6. The van der Waals surface area contributed by atoms with Crippen LogP contribution in [0.25, 0.3) is 44.3 Å². The minimum absolute atomic E-state index is 0.380. The number of morpholine rings is 2. The largest absolute Gasteiger partial charge is 0.379 e. The summed E-state index contributed by atoms with van der Waals surface area (Å²) in [7, 11) is 0. The van der Waals surface area contributed by atoms with E-state index < -0.39 is 0 Å². The smallest absolute Gasteiger partial charge is 0.154 e. The number of halogens is 1. The maximum atomic E-state index is 6.01. The molecule has 2 aliphatic heterocycles. The van der Waals surface area contributed by atoms with Gasteiger partial charge >= 0.3 is 0 Å². The number of nitrogens with one attached hydrogen (secondary N) is 1. The molecule has 9 heterocycles. The third-order valence-electron chi connectivity index (χ3n) is 11.1. The Balaban J connectivity index is 0.000000176. The summed E-state index contributed by atoms with van der Waals surface area (Å²) < 4.78 is 14.9. The van der Waals surface area contributed by atoms with E-state index in [0.29, 0.717) is 22.7 Å². The van der Waals surface area contributed by atoms with Crippen molar-refractivity contribution in [1.82, 2.24) is 59.5 Å². The molecule has 0 radical (unpaired) electrons. The van der Waals surface area contributed by atoms with Crippen LogP contribution in [-0.4, -0.2) is 125 Å². The Morgan fingerprint density at radius 2 is 1.18 bits per heavy atom. The third kappa shape index (κ3) is 11.1. The van der Waals surface area contributed by atoms with Crippen LogP contribution in [0.4, 0.5) is 11.6 Å². The summed E-state index contributed by atoms with van der Waals surface area (Å²) in [6, 6.07) is 13.6. The second kappa shape index (κ2) is 19.9. The molecule has 0 unspecified atom stereocenters. The van der Waals surface area contributed by atoms with Crippen molar-refractivity contribution in [3.05, 3.63) is 95.6 Å². The number of hydrogen-bond donors (Lipinski definition) is 1. The van der Waals surface area contributed by atoms with Gasteiger partial charge < -0.3 is 14.8 Å². The Morgan fingerprint density at radius 3 is 1.74 bits per heavy atom. The van der Waals surface area contributed by atoms with Gasteiger partial charge in [0.25, 0.3) is 0 Å². The summed E-state index contributed by atoms with van der Waals surface area (Å²) in [5.41, 5.74) is 10.6. The van der Waals surface area contributed by atoms with Crippen LogP contribution in [0.2, 0.25) is 5.15 Å². The number of aryl methyl sites for hydroxylation is 4. The van der Waals surface area contributed by atoms with E-state index in [1.54, 1.807) is 12.3 Å². The zero-order chi connectivity index (χ0) is 42.1. The van der Waals surface area contributed by atoms with Crippen LogP contribution >= 0.6 is 11.6 Å². The van der Waals surface area contributed by atoms with E-state index in [1.165, 1.54) is 0 Å². The molecule has 16 heteroatoms. The van der Waals surface area contributed by atoms with Gasteiger partial charge in [0.1, 0.15) is 11.0 Å². The molecule has 2 aliphatic rings. The summed E-state index contributed by atoms with van der Waals surface area (Å²) in [4.78, 5) is 23.2. The predicted molar refractivity (Wildman–Crippen MR) is 239 cm³/mol. The lowest BCUT2D eigenvalue weighted by molar-refractivity contribution is 0.0367. The minimum Gasteiger partial charge on any atom is -0.379 e. The molecule has 15 nitrogen and oxygen atoms in total. The fourth-order valence-corrected chi connectivity index (χ4v) is 7.79. The molecule has 0 spiro atoms. The molecule has 2 fully saturated rings. The van der Waals surface area contributed by atoms with Gasteiger partial charge in [-0.3, -0.25) is 29.1 Å². The van der Waals surface area contributed by atoms with E-state index in [4.69, 9.17) is 31.2 Å². The summed E-state index contributed by atoms with van der Waals surface area (Å²) in [5.74, 6) is 1.77. The lowest BCUT2D eigenvalue weighted by atomic mass is 10.1. The van der Waals surface area contributed by atoms with Gasteiger partial charge in [0, 0.05) is 99.4 Å². The van der Waals surface area contributed by atoms with Crippen molar-refractivity contribution in [1.29, 1.82) is 0 Å². The van der Waals surface area contributed by atoms with E-state index in [0.717, 1.165) is 153 Å². The topological polar surface area (TPSA) is 150 Å². The Hall–Kier alpha value is -5.45. The highest BCUT2D eigenvalue weighted by molar-refractivity contribution is 6.29. The maximum Gasteiger partial charge on any atom is 0.154 e. The number of rotatable bonds is 13. The first-order valence-electron chi connectivity index (χ1n) is 21.2. The zero-order valence-corrected chi connectivity index (χ0v) is 36.2. The van der Waals surface area contributed by atoms with E-state index in [2.05, 4.69) is 77.7 Å². The van der Waals surface area contributed by atoms with E-state index >= 15 is 0 Å². The number of anilines is 2. The number of nitrogens with zero attached hydrogens (tertiary/aromatic N) is 12. The van der Waals surface area contributed by atoms with Crippen molar-refractivity contribution < 1.29 is 9.47 Å². The molecule has 7 aromatic heterocycles. The molecule has 0 bridgehead atoms. The Kier molecular flexibility index (Phi) is 13.8. The van der Waals surface area contributed by atoms with Gasteiger partial charge in [0.2, 0.25) is 0 Å². The highest BCUT2D eigenvalue weighted by Crippen LogP contribution is 2.28. The predicted octanol–water partition coefficient (Wildman–Crippen LogP) is 7.36. The molecule has 0 saturated carbocycles. The van der Waals surface area contributed by atoms with E-state index in [1.807, 2.05) is 65.9 Å². The van der Waals surface area contributed by atoms with Crippen LogP contribution < -0.4 is 5.32 Å². The van der Waals surface area contributed by atoms with Crippen molar-refractivity contribution in [2.24, 2.45) is 0 Å². The fourth-order valence-electron chi connectivity index (χ4n) is 7.64. The highest BCUT2D eigenvalue weighted by Gasteiger charge is 2.15. The van der Waals surface area contributed by atoms with Gasteiger partial charge in [-0.05, 0) is 80.6 Å². The Morgan fingerprint density at radius 1 is 0.639 bits per heavy atom. The lowest BCUT2D eigenvalue weighted by Gasteiger charge is -2.26. The van der Waals surface area contributed by atoms with Gasteiger partial charge in [0.15, 0.2) is 5.82 Å². The van der Waals surface area contributed by atoms with Crippen molar-refractivity contribution >= 4 is 45.3 Å². The average molecular weight is 844 g/mol. The molecule has 318 valence electrons. The number of ether oxygens (including phenoxy) is 2. The van der Waals surface area contributed by atoms with Crippen molar-refractivity contribution in [3.8, 4) is 22.3 Å². The van der Waals surface area contributed by atoms with Crippen LogP contribution in [0.5, 0.6) is 0 Å². The summed E-state index contributed by atoms with van der Waals surface area (Å²) in [6.07, 6.45) is 11.9. The SMILES string of the molecule is Cc1nn(CCCN2CCOCC2)cc1-c1cnc2ccc(Cl)nc2c1.Cc1nn(CCCN2CCOCC2)cc1-c1cnc2ccc(Nc3cc(C(C)C)cnn3)nc2c1. The molecular weight excluding hydrogens is 790 g/mol. The molecule has 0 aliphatic carbocycles. The average Bonchev–Trinajstić information content (AvgIpc) is 3.84. The summed E-state index contributed by atoms with van der Waals surface area (Å²) in [5, 5.41) is 21.5. The van der Waals surface area contributed by atoms with Gasteiger partial charge in [-0.25, -0.2) is 9.97 Å². The normalized spacial score (nSPS) is 15.0. The Labute approximate surface area is 361 Å². The van der Waals surface area contributed by atoms with Crippen LogP contribution in [0.15, 0.2) is 73.4 Å². The molecule has 61 heavy (non-hydrogen) atoms. The second-order valence-corrected chi connectivity index (χ2v) is 16.3. The van der Waals surface area contributed by atoms with Crippen molar-refractivity contribution in [2.45, 2.75) is 59.5 Å². The number of hydrogen-bond acceptors (Lipinski definition) is 13. The van der Waals surface area contributed by atoms with Crippen LogP contribution in [0.1, 0.15) is 49.6 Å². The van der Waals surface area contributed by atoms with Crippen molar-refractivity contribution in [3.63, 3.8) is 0 Å². The second-order valence-electron chi connectivity index (χ2n) is 15.9. The third-order valence-corrected chi connectivity index (χ3v) is 11.3. The van der Waals surface area contributed by atoms with Crippen LogP contribution in [-0.2, 0) is 22.6 Å². The number of pyridine rings is 4. The molecule has 2 saturated heterocycles. The molecule has 0 aromatic carbocycles. The molecule has 0 atom stereocenters. The minimum atomic E-state index is 0.380. The quantitative estimate of drug-likeness (QED) is 0.115. The number of fused-ring (bicyclic) bond motifs is 2. The fraction of sp³-hybridized carbons (Fsp3) is 0.422. The van der Waals surface area contributed by atoms with E-state index in [9.17, 15) is 0 Å². The van der Waals surface area contributed by atoms with Gasteiger partial charge in [-0.1, -0.05) is 25.4 Å². The first kappa shape index (κ1) is 42.2. The molecule has 1 N–H and O–H groups in total. The molecular formula is C45H54ClN13O2. The molecule has 7 aromatic rings. The van der Waals surface area contributed by atoms with E-state index in [-0.39, 0.29) is 0 Å². The standard InChI is InChI=1S/C26H32N8O.C19H22ClN5O/c1-18(2)20-14-26(31-28-16-20)30-25-6-5-23-24(29-25)13-21(15-27-23)22-17-34(32-19(22)3)8-4-7-33-9-11-35-12-10-33;1-14-16(15-11-18-17(21-12-15)3-4-19(20)22-18)13-25(23-14)6-2-5-24-7-9-26-10-8-24/h5-6,13-18H,4,7-12H2,1-3H3,(H,29,30,31);3-4,11-13H,2,5-10H2,1H3. The number of aromatic nitrogens is 10. The summed E-state index contributed by atoms with van der Waals surface area (Å²) >= 11 is 6.01. The van der Waals surface area contributed by atoms with Crippen LogP contribution in [0.3, 0.4) is 0 Å². The van der Waals surface area contributed by atoms with Gasteiger partial charge in [-0.15, -0.1) is 5.10 Å². The highest BCUT2D eigenvalue weighted by atomic mass is 35.5. The van der Waals surface area contributed by atoms with Gasteiger partial charge in [0.05, 0.1) is 66.1 Å². The monoisotopic (exact) mass is 843 g/mol. The molecule has 9 rings (SSSR count). The Bertz CT molecular complexity index is 2550. The van der Waals surface area contributed by atoms with Crippen molar-refractivity contribution in [2.75, 3.05) is 71.0 Å². The lowest BCUT2D eigenvalue weighted by Crippen LogP contribution is -2.37. The first-order chi connectivity index (χ1) is 29.7. The summed E-state index contributed by atoms with van der Waals surface area (Å²) in [6.45, 7) is 19.8. The molecule has 0 amide bonds. The zero-order valence-electron chi connectivity index (χ0n) is 35.5. The van der Waals surface area contributed by atoms with Gasteiger partial charge in [-0.2, -0.15) is 15.3 Å². The van der Waals surface area contributed by atoms with Crippen LogP contribution in [0, 0.1) is 13.8 Å². The maximum absolute atomic E-state index is 6.01.